The third-order valence-corrected chi connectivity index (χ3v) is 6.79. The first-order valence-corrected chi connectivity index (χ1v) is 11.0. The van der Waals surface area contributed by atoms with Crippen molar-refractivity contribution in [1.29, 1.82) is 0 Å². The van der Waals surface area contributed by atoms with E-state index < -0.39 is 0 Å². The number of para-hydroxylation sites is 3. The average molecular weight is 425 g/mol. The second-order valence-corrected chi connectivity index (χ2v) is 8.50. The van der Waals surface area contributed by atoms with Crippen molar-refractivity contribution in [3.63, 3.8) is 0 Å². The monoisotopic (exact) mass is 425 g/mol. The second-order valence-electron chi connectivity index (χ2n) is 8.50. The van der Waals surface area contributed by atoms with Crippen molar-refractivity contribution in [3.8, 4) is 28.0 Å². The minimum Gasteiger partial charge on any atom is -0.535 e. The smallest absolute Gasteiger partial charge is 0.527 e. The van der Waals surface area contributed by atoms with E-state index in [0.29, 0.717) is 0 Å². The highest BCUT2D eigenvalue weighted by Gasteiger charge is 2.47. The van der Waals surface area contributed by atoms with Gasteiger partial charge in [0.2, 0.25) is 0 Å². The molecule has 6 aromatic rings. The van der Waals surface area contributed by atoms with E-state index in [1.54, 1.807) is 6.26 Å². The van der Waals surface area contributed by atoms with Crippen LogP contribution in [0, 0.1) is 0 Å². The lowest BCUT2D eigenvalue weighted by atomic mass is 9.66. The predicted octanol–water partition coefficient (Wildman–Crippen LogP) is 6.75. The first-order chi connectivity index (χ1) is 16.4. The van der Waals surface area contributed by atoms with Crippen LogP contribution in [0.2, 0.25) is 0 Å². The molecule has 0 amide bonds. The summed E-state index contributed by atoms with van der Waals surface area (Å²) in [7, 11) is -0.272. The lowest BCUT2D eigenvalue weighted by Crippen LogP contribution is -2.50. The molecule has 8 rings (SSSR count). The van der Waals surface area contributed by atoms with Gasteiger partial charge in [-0.15, -0.1) is 0 Å². The molecule has 2 aromatic heterocycles. The highest BCUT2D eigenvalue weighted by Crippen LogP contribution is 2.51. The van der Waals surface area contributed by atoms with Gasteiger partial charge in [-0.3, -0.25) is 0 Å². The van der Waals surface area contributed by atoms with Crippen LogP contribution in [0.15, 0.2) is 106 Å². The Hall–Kier alpha value is -4.38. The van der Waals surface area contributed by atoms with E-state index in [9.17, 15) is 0 Å². The molecular formula is C28H16BNO3. The number of rotatable bonds is 1. The van der Waals surface area contributed by atoms with Crippen LogP contribution >= 0.6 is 0 Å². The van der Waals surface area contributed by atoms with Crippen molar-refractivity contribution in [3.05, 3.63) is 97.3 Å². The van der Waals surface area contributed by atoms with Gasteiger partial charge >= 0.3 is 7.05 Å². The number of fused-ring (bicyclic) bond motifs is 11. The topological polar surface area (TPSA) is 38.8 Å². The van der Waals surface area contributed by atoms with E-state index in [2.05, 4.69) is 71.5 Å². The van der Waals surface area contributed by atoms with E-state index in [1.165, 1.54) is 0 Å². The average Bonchev–Trinajstić information content (AvgIpc) is 3.58. The van der Waals surface area contributed by atoms with Crippen molar-refractivity contribution < 1.29 is 13.5 Å². The number of benzene rings is 4. The normalized spacial score (nSPS) is 13.6. The summed E-state index contributed by atoms with van der Waals surface area (Å²) >= 11 is 0. The van der Waals surface area contributed by atoms with Crippen molar-refractivity contribution >= 4 is 46.0 Å². The molecule has 0 atom stereocenters. The van der Waals surface area contributed by atoms with Gasteiger partial charge in [-0.1, -0.05) is 72.8 Å². The number of nitrogens with zero attached hydrogens (tertiary/aromatic N) is 1. The van der Waals surface area contributed by atoms with Crippen LogP contribution in [0.3, 0.4) is 0 Å². The van der Waals surface area contributed by atoms with Gasteiger partial charge in [-0.2, -0.15) is 0 Å². The summed E-state index contributed by atoms with van der Waals surface area (Å²) in [6.07, 6.45) is 1.75. The summed E-state index contributed by atoms with van der Waals surface area (Å²) in [5, 5.41) is 2.23. The minimum atomic E-state index is -0.272. The van der Waals surface area contributed by atoms with Gasteiger partial charge in [0.05, 0.1) is 12.0 Å². The molecule has 0 saturated carbocycles. The fraction of sp³-hybridized carbons (Fsp3) is 0. The van der Waals surface area contributed by atoms with Crippen LogP contribution in [-0.4, -0.2) is 7.05 Å². The maximum Gasteiger partial charge on any atom is 0.527 e. The molecule has 0 radical (unpaired) electrons. The zero-order valence-electron chi connectivity index (χ0n) is 17.5. The summed E-state index contributed by atoms with van der Waals surface area (Å²) in [4.78, 5) is 2.16. The molecule has 2 aliphatic rings. The van der Waals surface area contributed by atoms with Crippen LogP contribution in [0.25, 0.3) is 44.2 Å². The van der Waals surface area contributed by atoms with Crippen LogP contribution in [0.5, 0.6) is 5.75 Å². The summed E-state index contributed by atoms with van der Waals surface area (Å²) in [5.74, 6) is 1.66. The molecule has 0 saturated heterocycles. The molecule has 154 valence electrons. The van der Waals surface area contributed by atoms with Gasteiger partial charge in [-0.05, 0) is 29.2 Å². The first-order valence-electron chi connectivity index (χ1n) is 11.0. The highest BCUT2D eigenvalue weighted by molar-refractivity contribution is 6.77. The molecular weight excluding hydrogens is 409 g/mol. The molecule has 4 nitrogen and oxygen atoms in total. The Balaban J connectivity index is 1.39. The minimum absolute atomic E-state index is 0.272. The number of hydrogen-bond donors (Lipinski definition) is 0. The summed E-state index contributed by atoms with van der Waals surface area (Å²) in [5.41, 5.74) is 8.16. The molecule has 2 aliphatic heterocycles. The Morgan fingerprint density at radius 3 is 2.42 bits per heavy atom. The van der Waals surface area contributed by atoms with E-state index in [1.807, 2.05) is 24.3 Å². The fourth-order valence-electron chi connectivity index (χ4n) is 5.37. The van der Waals surface area contributed by atoms with Crippen LogP contribution < -0.4 is 14.9 Å². The van der Waals surface area contributed by atoms with Crippen LogP contribution in [-0.2, 0) is 0 Å². The Bertz CT molecular complexity index is 1730. The molecule has 0 fully saturated rings. The van der Waals surface area contributed by atoms with Gasteiger partial charge in [-0.25, -0.2) is 0 Å². The molecule has 0 spiro atoms. The zero-order chi connectivity index (χ0) is 21.5. The van der Waals surface area contributed by atoms with Gasteiger partial charge in [0.1, 0.15) is 16.9 Å². The number of furan rings is 2. The van der Waals surface area contributed by atoms with Gasteiger partial charge in [0.25, 0.3) is 0 Å². The van der Waals surface area contributed by atoms with Crippen LogP contribution in [0.1, 0.15) is 0 Å². The van der Waals surface area contributed by atoms with Gasteiger partial charge in [0.15, 0.2) is 5.88 Å². The summed E-state index contributed by atoms with van der Waals surface area (Å²) in [6.45, 7) is 0. The first kappa shape index (κ1) is 17.2. The molecule has 0 N–H and O–H groups in total. The molecule has 4 aromatic carbocycles. The lowest BCUT2D eigenvalue weighted by Gasteiger charge is -2.27. The van der Waals surface area contributed by atoms with Gasteiger partial charge < -0.3 is 18.3 Å². The summed E-state index contributed by atoms with van der Waals surface area (Å²) < 4.78 is 19.0. The Morgan fingerprint density at radius 2 is 1.42 bits per heavy atom. The molecule has 5 heteroatoms. The van der Waals surface area contributed by atoms with Gasteiger partial charge in [0, 0.05) is 27.5 Å². The van der Waals surface area contributed by atoms with Crippen molar-refractivity contribution in [2.45, 2.75) is 0 Å². The van der Waals surface area contributed by atoms with Crippen molar-refractivity contribution in [2.24, 2.45) is 0 Å². The van der Waals surface area contributed by atoms with E-state index in [-0.39, 0.29) is 7.05 Å². The Kier molecular flexibility index (Phi) is 3.19. The summed E-state index contributed by atoms with van der Waals surface area (Å²) in [6, 6.07) is 31.2. The lowest BCUT2D eigenvalue weighted by molar-refractivity contribution is 0.569. The van der Waals surface area contributed by atoms with Crippen LogP contribution in [0.4, 0.5) is 11.6 Å². The SMILES string of the molecule is c1ccc2c(c1)B1Oc3c(-c4cccc5c4oc4ccccc45)cccc3N1c1occc1-2. The largest absolute Gasteiger partial charge is 0.535 e. The Morgan fingerprint density at radius 1 is 0.636 bits per heavy atom. The Labute approximate surface area is 189 Å². The third-order valence-electron chi connectivity index (χ3n) is 6.79. The fourth-order valence-corrected chi connectivity index (χ4v) is 5.37. The quantitative estimate of drug-likeness (QED) is 0.273. The zero-order valence-corrected chi connectivity index (χ0v) is 17.5. The number of anilines is 2. The second kappa shape index (κ2) is 6.11. The van der Waals surface area contributed by atoms with Crippen molar-refractivity contribution in [1.82, 2.24) is 0 Å². The predicted molar refractivity (Wildman–Crippen MR) is 131 cm³/mol. The van der Waals surface area contributed by atoms with E-state index in [0.717, 1.165) is 67.0 Å². The van der Waals surface area contributed by atoms with E-state index >= 15 is 0 Å². The third kappa shape index (κ3) is 2.16. The molecule has 0 bridgehead atoms. The molecule has 0 aliphatic carbocycles. The maximum atomic E-state index is 6.70. The standard InChI is InChI=1S/C28H16BNO3/c1-3-12-23-17(7-1)22-15-16-31-28(22)30-24-13-6-11-21(27(24)33-29(23)30)20-10-5-9-19-18-8-2-4-14-25(18)32-26(19)20/h1-16H. The van der Waals surface area contributed by atoms with E-state index in [4.69, 9.17) is 13.5 Å². The molecule has 33 heavy (non-hydrogen) atoms. The van der Waals surface area contributed by atoms with Crippen molar-refractivity contribution in [2.75, 3.05) is 4.81 Å². The molecule has 4 heterocycles. The highest BCUT2D eigenvalue weighted by atomic mass is 16.5. The molecule has 0 unspecified atom stereocenters. The number of hydrogen-bond acceptors (Lipinski definition) is 4. The maximum absolute atomic E-state index is 6.70.